The molecule has 0 aromatic rings. The zero-order valence-electron chi connectivity index (χ0n) is 9.85. The van der Waals surface area contributed by atoms with E-state index in [9.17, 15) is 0 Å². The molecule has 0 radical (unpaired) electrons. The van der Waals surface area contributed by atoms with Crippen LogP contribution in [0.3, 0.4) is 0 Å². The predicted molar refractivity (Wildman–Crippen MR) is 59.6 cm³/mol. The summed E-state index contributed by atoms with van der Waals surface area (Å²) in [6.45, 7) is 5.08. The van der Waals surface area contributed by atoms with E-state index in [0.717, 1.165) is 5.92 Å². The van der Waals surface area contributed by atoms with Crippen molar-refractivity contribution >= 4 is 0 Å². The number of aliphatic hydroxyl groups is 2. The summed E-state index contributed by atoms with van der Waals surface area (Å²) in [5.41, 5.74) is 0. The molecule has 15 heavy (non-hydrogen) atoms. The fourth-order valence-electron chi connectivity index (χ4n) is 2.40. The van der Waals surface area contributed by atoms with Crippen LogP contribution in [0.4, 0.5) is 0 Å². The van der Waals surface area contributed by atoms with Crippen LogP contribution in [0, 0.1) is 17.8 Å². The maximum absolute atomic E-state index is 8.88. The van der Waals surface area contributed by atoms with Gasteiger partial charge in [-0.1, -0.05) is 20.3 Å². The number of aliphatic hydroxyl groups excluding tert-OH is 2. The van der Waals surface area contributed by atoms with Gasteiger partial charge < -0.3 is 14.9 Å². The first-order valence-corrected chi connectivity index (χ1v) is 6.00. The first kappa shape index (κ1) is 12.9. The van der Waals surface area contributed by atoms with E-state index in [1.54, 1.807) is 0 Å². The summed E-state index contributed by atoms with van der Waals surface area (Å²) in [6, 6.07) is 0. The van der Waals surface area contributed by atoms with Crippen molar-refractivity contribution in [2.75, 3.05) is 19.8 Å². The lowest BCUT2D eigenvalue weighted by Gasteiger charge is -2.33. The Labute approximate surface area is 92.4 Å². The Kier molecular flexibility index (Phi) is 5.58. The monoisotopic (exact) mass is 216 g/mol. The van der Waals surface area contributed by atoms with Crippen LogP contribution >= 0.6 is 0 Å². The van der Waals surface area contributed by atoms with Gasteiger partial charge in [0.25, 0.3) is 0 Å². The van der Waals surface area contributed by atoms with Crippen molar-refractivity contribution in [2.24, 2.45) is 17.8 Å². The topological polar surface area (TPSA) is 49.7 Å². The molecule has 1 fully saturated rings. The molecule has 3 heteroatoms. The van der Waals surface area contributed by atoms with Crippen molar-refractivity contribution in [1.29, 1.82) is 0 Å². The van der Waals surface area contributed by atoms with Gasteiger partial charge in [0.05, 0.1) is 19.8 Å². The second-order valence-corrected chi connectivity index (χ2v) is 4.98. The van der Waals surface area contributed by atoms with Gasteiger partial charge in [-0.05, 0) is 30.6 Å². The minimum Gasteiger partial charge on any atom is -0.394 e. The van der Waals surface area contributed by atoms with E-state index in [1.807, 2.05) is 0 Å². The Morgan fingerprint density at radius 2 is 1.87 bits per heavy atom. The summed E-state index contributed by atoms with van der Waals surface area (Å²) in [5, 5.41) is 17.8. The fourth-order valence-corrected chi connectivity index (χ4v) is 2.40. The molecule has 0 aromatic heterocycles. The normalized spacial score (nSPS) is 32.2. The third-order valence-corrected chi connectivity index (χ3v) is 3.56. The highest BCUT2D eigenvalue weighted by atomic mass is 16.5. The van der Waals surface area contributed by atoms with Crippen LogP contribution in [-0.4, -0.2) is 36.1 Å². The summed E-state index contributed by atoms with van der Waals surface area (Å²) < 4.78 is 5.49. The second-order valence-electron chi connectivity index (χ2n) is 4.98. The van der Waals surface area contributed by atoms with Crippen molar-refractivity contribution in [3.8, 4) is 0 Å². The Balaban J connectivity index is 2.26. The summed E-state index contributed by atoms with van der Waals surface area (Å²) in [7, 11) is 0. The van der Waals surface area contributed by atoms with Crippen LogP contribution in [0.25, 0.3) is 0 Å². The van der Waals surface area contributed by atoms with Crippen molar-refractivity contribution < 1.29 is 14.9 Å². The molecule has 3 nitrogen and oxygen atoms in total. The van der Waals surface area contributed by atoms with Crippen LogP contribution in [-0.2, 0) is 4.74 Å². The molecular weight excluding hydrogens is 192 g/mol. The fraction of sp³-hybridized carbons (Fsp3) is 1.00. The van der Waals surface area contributed by atoms with Crippen molar-refractivity contribution in [2.45, 2.75) is 39.2 Å². The number of hydrogen-bond acceptors (Lipinski definition) is 3. The molecule has 1 aliphatic carbocycles. The van der Waals surface area contributed by atoms with E-state index >= 15 is 0 Å². The molecule has 0 heterocycles. The van der Waals surface area contributed by atoms with Crippen LogP contribution < -0.4 is 0 Å². The molecule has 90 valence electrons. The average Bonchev–Trinajstić information content (AvgIpc) is 2.22. The van der Waals surface area contributed by atoms with Gasteiger partial charge in [0.15, 0.2) is 0 Å². The van der Waals surface area contributed by atoms with Gasteiger partial charge in [-0.15, -0.1) is 0 Å². The van der Waals surface area contributed by atoms with Crippen LogP contribution in [0.15, 0.2) is 0 Å². The molecule has 0 amide bonds. The van der Waals surface area contributed by atoms with Gasteiger partial charge in [-0.3, -0.25) is 0 Å². The molecule has 0 spiro atoms. The third kappa shape index (κ3) is 4.09. The van der Waals surface area contributed by atoms with Crippen LogP contribution in [0.2, 0.25) is 0 Å². The molecule has 0 aromatic carbocycles. The van der Waals surface area contributed by atoms with Gasteiger partial charge in [-0.25, -0.2) is 0 Å². The molecule has 1 aliphatic rings. The lowest BCUT2D eigenvalue weighted by molar-refractivity contribution is -0.0468. The van der Waals surface area contributed by atoms with E-state index in [1.165, 1.54) is 19.3 Å². The zero-order chi connectivity index (χ0) is 11.3. The largest absolute Gasteiger partial charge is 0.394 e. The molecule has 2 N–H and O–H groups in total. The van der Waals surface area contributed by atoms with Gasteiger partial charge in [0.2, 0.25) is 0 Å². The summed E-state index contributed by atoms with van der Waals surface area (Å²) in [5.74, 6) is 2.14. The van der Waals surface area contributed by atoms with E-state index < -0.39 is 6.10 Å². The van der Waals surface area contributed by atoms with Gasteiger partial charge in [0.1, 0.15) is 6.10 Å². The molecular formula is C12H24O3. The zero-order valence-corrected chi connectivity index (χ0v) is 9.85. The second kappa shape index (κ2) is 6.46. The minimum absolute atomic E-state index is 0.0893. The molecule has 1 rings (SSSR count). The van der Waals surface area contributed by atoms with Gasteiger partial charge in [0, 0.05) is 0 Å². The average molecular weight is 216 g/mol. The van der Waals surface area contributed by atoms with Crippen LogP contribution in [0.5, 0.6) is 0 Å². The van der Waals surface area contributed by atoms with E-state index in [2.05, 4.69) is 13.8 Å². The lowest BCUT2D eigenvalue weighted by Crippen LogP contribution is -2.30. The highest BCUT2D eigenvalue weighted by Gasteiger charge is 2.26. The molecule has 3 atom stereocenters. The number of rotatable bonds is 5. The maximum atomic E-state index is 8.88. The van der Waals surface area contributed by atoms with Crippen LogP contribution in [0.1, 0.15) is 33.1 Å². The molecule has 3 unspecified atom stereocenters. The lowest BCUT2D eigenvalue weighted by atomic mass is 9.76. The third-order valence-electron chi connectivity index (χ3n) is 3.56. The minimum atomic E-state index is -0.392. The first-order chi connectivity index (χ1) is 7.17. The highest BCUT2D eigenvalue weighted by molar-refractivity contribution is 4.76. The highest BCUT2D eigenvalue weighted by Crippen LogP contribution is 2.33. The van der Waals surface area contributed by atoms with Gasteiger partial charge >= 0.3 is 0 Å². The smallest absolute Gasteiger partial charge is 0.104 e. The van der Waals surface area contributed by atoms with Crippen molar-refractivity contribution in [3.63, 3.8) is 0 Å². The molecule has 0 saturated heterocycles. The SMILES string of the molecule is CC1CCC(COC(CO)CO)C(C)C1. The van der Waals surface area contributed by atoms with E-state index in [4.69, 9.17) is 14.9 Å². The van der Waals surface area contributed by atoms with Gasteiger partial charge in [-0.2, -0.15) is 0 Å². The number of ether oxygens (including phenoxy) is 1. The quantitative estimate of drug-likeness (QED) is 0.731. The summed E-state index contributed by atoms with van der Waals surface area (Å²) in [6.07, 6.45) is 3.38. The van der Waals surface area contributed by atoms with E-state index in [-0.39, 0.29) is 13.2 Å². The maximum Gasteiger partial charge on any atom is 0.104 e. The Morgan fingerprint density at radius 1 is 1.20 bits per heavy atom. The standard InChI is InChI=1S/C12H24O3/c1-9-3-4-11(10(2)5-9)8-15-12(6-13)7-14/h9-14H,3-8H2,1-2H3. The van der Waals surface area contributed by atoms with Crippen molar-refractivity contribution in [3.05, 3.63) is 0 Å². The predicted octanol–water partition coefficient (Wildman–Crippen LogP) is 1.43. The molecule has 1 saturated carbocycles. The molecule has 0 aliphatic heterocycles. The Bertz CT molecular complexity index is 168. The van der Waals surface area contributed by atoms with Crippen molar-refractivity contribution in [1.82, 2.24) is 0 Å². The Morgan fingerprint density at radius 3 is 2.40 bits per heavy atom. The summed E-state index contributed by atoms with van der Waals surface area (Å²) in [4.78, 5) is 0. The number of hydrogen-bond donors (Lipinski definition) is 2. The summed E-state index contributed by atoms with van der Waals surface area (Å²) >= 11 is 0. The molecule has 0 bridgehead atoms. The first-order valence-electron chi connectivity index (χ1n) is 6.00. The Hall–Kier alpha value is -0.120. The van der Waals surface area contributed by atoms with E-state index in [0.29, 0.717) is 18.4 Å².